The number of ether oxygens (including phenoxy) is 1. The lowest BCUT2D eigenvalue weighted by Crippen LogP contribution is -2.52. The molecule has 0 spiro atoms. The molecule has 124 valence electrons. The number of benzene rings is 1. The van der Waals surface area contributed by atoms with Crippen LogP contribution in [0, 0.1) is 0 Å². The van der Waals surface area contributed by atoms with Crippen LogP contribution in [-0.4, -0.2) is 54.7 Å². The summed E-state index contributed by atoms with van der Waals surface area (Å²) >= 11 is 3.38. The van der Waals surface area contributed by atoms with Gasteiger partial charge in [0.2, 0.25) is 0 Å². The lowest BCUT2D eigenvalue weighted by atomic mass is 10.2. The number of hydrogen-bond donors (Lipinski definition) is 1. The fourth-order valence-electron chi connectivity index (χ4n) is 2.18. The van der Waals surface area contributed by atoms with Crippen molar-refractivity contribution in [1.29, 1.82) is 0 Å². The number of halogens is 1. The second-order valence-corrected chi connectivity index (χ2v) is 5.92. The van der Waals surface area contributed by atoms with E-state index in [2.05, 4.69) is 21.2 Å². The van der Waals surface area contributed by atoms with E-state index in [4.69, 9.17) is 4.74 Å². The maximum absolute atomic E-state index is 12.1. The van der Waals surface area contributed by atoms with Gasteiger partial charge in [0, 0.05) is 36.9 Å². The van der Waals surface area contributed by atoms with Crippen molar-refractivity contribution in [2.75, 3.05) is 32.8 Å². The van der Waals surface area contributed by atoms with Crippen LogP contribution in [0.4, 0.5) is 9.59 Å². The molecule has 0 aliphatic carbocycles. The Bertz CT molecular complexity index is 566. The zero-order valence-corrected chi connectivity index (χ0v) is 14.6. The highest BCUT2D eigenvalue weighted by molar-refractivity contribution is 9.10. The molecular formula is C16H20BrN3O3. The van der Waals surface area contributed by atoms with E-state index in [1.54, 1.807) is 22.9 Å². The summed E-state index contributed by atoms with van der Waals surface area (Å²) in [5, 5.41) is 2.74. The van der Waals surface area contributed by atoms with Gasteiger partial charge >= 0.3 is 12.1 Å². The zero-order valence-electron chi connectivity index (χ0n) is 13.0. The van der Waals surface area contributed by atoms with Crippen molar-refractivity contribution < 1.29 is 14.3 Å². The Morgan fingerprint density at radius 1 is 1.17 bits per heavy atom. The topological polar surface area (TPSA) is 61.9 Å². The minimum Gasteiger partial charge on any atom is -0.450 e. The maximum Gasteiger partial charge on any atom is 0.409 e. The smallest absolute Gasteiger partial charge is 0.409 e. The molecular weight excluding hydrogens is 362 g/mol. The lowest BCUT2D eigenvalue weighted by molar-refractivity contribution is 0.0856. The predicted octanol–water partition coefficient (Wildman–Crippen LogP) is 2.90. The van der Waals surface area contributed by atoms with Gasteiger partial charge in [-0.3, -0.25) is 0 Å². The molecule has 7 heteroatoms. The molecule has 1 heterocycles. The summed E-state index contributed by atoms with van der Waals surface area (Å²) in [5.41, 5.74) is 1.00. The average Bonchev–Trinajstić information content (AvgIpc) is 2.57. The van der Waals surface area contributed by atoms with Gasteiger partial charge in [0.25, 0.3) is 0 Å². The fraction of sp³-hybridized carbons (Fsp3) is 0.375. The number of urea groups is 1. The van der Waals surface area contributed by atoms with Gasteiger partial charge in [-0.05, 0) is 30.7 Å². The van der Waals surface area contributed by atoms with Crippen LogP contribution in [0.1, 0.15) is 12.5 Å². The van der Waals surface area contributed by atoms with E-state index in [1.165, 1.54) is 0 Å². The van der Waals surface area contributed by atoms with Gasteiger partial charge in [-0.15, -0.1) is 0 Å². The Hall–Kier alpha value is -2.02. The van der Waals surface area contributed by atoms with E-state index >= 15 is 0 Å². The van der Waals surface area contributed by atoms with Gasteiger partial charge in [0.05, 0.1) is 6.61 Å². The Balaban J connectivity index is 1.76. The van der Waals surface area contributed by atoms with Crippen LogP contribution in [0.25, 0.3) is 6.08 Å². The van der Waals surface area contributed by atoms with Gasteiger partial charge in [-0.1, -0.05) is 28.1 Å². The first-order valence-corrected chi connectivity index (χ1v) is 8.28. The highest BCUT2D eigenvalue weighted by Crippen LogP contribution is 2.11. The summed E-state index contributed by atoms with van der Waals surface area (Å²) in [6.07, 6.45) is 3.14. The Morgan fingerprint density at radius 3 is 2.39 bits per heavy atom. The van der Waals surface area contributed by atoms with Crippen LogP contribution in [0.15, 0.2) is 34.9 Å². The highest BCUT2D eigenvalue weighted by atomic mass is 79.9. The van der Waals surface area contributed by atoms with Gasteiger partial charge < -0.3 is 19.9 Å². The molecule has 1 aliphatic heterocycles. The third kappa shape index (κ3) is 5.28. The maximum atomic E-state index is 12.1. The molecule has 0 saturated carbocycles. The predicted molar refractivity (Wildman–Crippen MR) is 91.9 cm³/mol. The summed E-state index contributed by atoms with van der Waals surface area (Å²) < 4.78 is 5.96. The van der Waals surface area contributed by atoms with Crippen molar-refractivity contribution in [2.45, 2.75) is 6.92 Å². The van der Waals surface area contributed by atoms with E-state index in [1.807, 2.05) is 30.3 Å². The van der Waals surface area contributed by atoms with Crippen molar-refractivity contribution in [1.82, 2.24) is 15.1 Å². The second kappa shape index (κ2) is 8.57. The first-order chi connectivity index (χ1) is 11.1. The van der Waals surface area contributed by atoms with E-state index in [0.717, 1.165) is 10.0 Å². The minimum absolute atomic E-state index is 0.165. The quantitative estimate of drug-likeness (QED) is 0.875. The second-order valence-electron chi connectivity index (χ2n) is 5.01. The summed E-state index contributed by atoms with van der Waals surface area (Å²) in [6.45, 7) is 4.11. The highest BCUT2D eigenvalue weighted by Gasteiger charge is 2.24. The molecule has 0 radical (unpaired) electrons. The molecule has 1 aliphatic rings. The van der Waals surface area contributed by atoms with Gasteiger partial charge in [-0.25, -0.2) is 9.59 Å². The molecule has 1 fully saturated rings. The minimum atomic E-state index is -0.317. The van der Waals surface area contributed by atoms with Gasteiger partial charge in [-0.2, -0.15) is 0 Å². The zero-order chi connectivity index (χ0) is 16.7. The first kappa shape index (κ1) is 17.3. The van der Waals surface area contributed by atoms with Crippen molar-refractivity contribution >= 4 is 34.1 Å². The van der Waals surface area contributed by atoms with Crippen LogP contribution in [0.3, 0.4) is 0 Å². The summed E-state index contributed by atoms with van der Waals surface area (Å²) in [5.74, 6) is 0. The molecule has 0 atom stereocenters. The van der Waals surface area contributed by atoms with Crippen molar-refractivity contribution in [3.8, 4) is 0 Å². The number of amides is 3. The number of hydrogen-bond acceptors (Lipinski definition) is 3. The standard InChI is InChI=1S/C16H20BrN3O3/c1-2-23-16(22)20-11-9-19(10-12-20)15(21)18-8-7-13-3-5-14(17)6-4-13/h3-8H,2,9-12H2,1H3,(H,18,21)/b8-7+. The molecule has 0 bridgehead atoms. The molecule has 1 N–H and O–H groups in total. The van der Waals surface area contributed by atoms with Crippen molar-refractivity contribution in [2.24, 2.45) is 0 Å². The lowest BCUT2D eigenvalue weighted by Gasteiger charge is -2.33. The third-order valence-corrected chi connectivity index (χ3v) is 3.97. The summed E-state index contributed by atoms with van der Waals surface area (Å²) in [4.78, 5) is 27.0. The Kier molecular flexibility index (Phi) is 6.46. The molecule has 1 aromatic carbocycles. The van der Waals surface area contributed by atoms with Gasteiger partial charge in [0.1, 0.15) is 0 Å². The number of carbonyl (C=O) groups excluding carboxylic acids is 2. The van der Waals surface area contributed by atoms with Crippen LogP contribution >= 0.6 is 15.9 Å². The van der Waals surface area contributed by atoms with E-state index in [0.29, 0.717) is 32.8 Å². The molecule has 0 aromatic heterocycles. The monoisotopic (exact) mass is 381 g/mol. The van der Waals surface area contributed by atoms with Crippen molar-refractivity contribution in [3.05, 3.63) is 40.5 Å². The Labute approximate surface area is 144 Å². The molecule has 0 unspecified atom stereocenters. The molecule has 3 amide bonds. The fourth-order valence-corrected chi connectivity index (χ4v) is 2.45. The number of piperazine rings is 1. The summed E-state index contributed by atoms with van der Waals surface area (Å²) in [7, 11) is 0. The normalized spacial score (nSPS) is 14.9. The third-order valence-electron chi connectivity index (χ3n) is 3.45. The number of nitrogens with one attached hydrogen (secondary N) is 1. The molecule has 23 heavy (non-hydrogen) atoms. The molecule has 1 aromatic rings. The van der Waals surface area contributed by atoms with Crippen LogP contribution in [-0.2, 0) is 4.74 Å². The number of nitrogens with zero attached hydrogens (tertiary/aromatic N) is 2. The number of carbonyl (C=O) groups is 2. The SMILES string of the molecule is CCOC(=O)N1CCN(C(=O)N/C=C/c2ccc(Br)cc2)CC1. The first-order valence-electron chi connectivity index (χ1n) is 7.49. The van der Waals surface area contributed by atoms with Crippen LogP contribution in [0.5, 0.6) is 0 Å². The molecule has 6 nitrogen and oxygen atoms in total. The van der Waals surface area contributed by atoms with E-state index in [9.17, 15) is 9.59 Å². The van der Waals surface area contributed by atoms with E-state index < -0.39 is 0 Å². The van der Waals surface area contributed by atoms with Crippen LogP contribution < -0.4 is 5.32 Å². The van der Waals surface area contributed by atoms with Crippen LogP contribution in [0.2, 0.25) is 0 Å². The van der Waals surface area contributed by atoms with Crippen molar-refractivity contribution in [3.63, 3.8) is 0 Å². The largest absolute Gasteiger partial charge is 0.450 e. The number of rotatable bonds is 3. The summed E-state index contributed by atoms with van der Waals surface area (Å²) in [6, 6.07) is 7.61. The molecule has 2 rings (SSSR count). The van der Waals surface area contributed by atoms with E-state index in [-0.39, 0.29) is 12.1 Å². The average molecular weight is 382 g/mol. The van der Waals surface area contributed by atoms with Gasteiger partial charge in [0.15, 0.2) is 0 Å². The molecule has 1 saturated heterocycles. The Morgan fingerprint density at radius 2 is 1.78 bits per heavy atom.